The number of carbonyl (C=O) groups is 1. The standard InChI is InChI=1S/C11H21NO2/c1-3-7-11(2,14)9-12-8-5-4-6-10(12)13/h14H,3-9H2,1-2H3. The van der Waals surface area contributed by atoms with Crippen LogP contribution in [0.5, 0.6) is 0 Å². The molecule has 1 amide bonds. The molecule has 0 aliphatic carbocycles. The molecule has 3 nitrogen and oxygen atoms in total. The Bertz CT molecular complexity index is 201. The third kappa shape index (κ3) is 3.29. The maximum Gasteiger partial charge on any atom is 0.222 e. The number of carbonyl (C=O) groups excluding carboxylic acids is 1. The molecular formula is C11H21NO2. The van der Waals surface area contributed by atoms with Gasteiger partial charge < -0.3 is 10.0 Å². The molecule has 1 heterocycles. The van der Waals surface area contributed by atoms with Gasteiger partial charge in [0, 0.05) is 19.5 Å². The summed E-state index contributed by atoms with van der Waals surface area (Å²) in [6, 6.07) is 0. The highest BCUT2D eigenvalue weighted by molar-refractivity contribution is 5.76. The van der Waals surface area contributed by atoms with Gasteiger partial charge in [-0.15, -0.1) is 0 Å². The Balaban J connectivity index is 2.45. The van der Waals surface area contributed by atoms with E-state index in [-0.39, 0.29) is 5.91 Å². The van der Waals surface area contributed by atoms with E-state index < -0.39 is 5.60 Å². The summed E-state index contributed by atoms with van der Waals surface area (Å²) in [5.41, 5.74) is -0.707. The van der Waals surface area contributed by atoms with Crippen LogP contribution < -0.4 is 0 Å². The molecule has 1 rings (SSSR count). The average molecular weight is 199 g/mol. The van der Waals surface area contributed by atoms with Gasteiger partial charge in [-0.2, -0.15) is 0 Å². The lowest BCUT2D eigenvalue weighted by atomic mass is 9.98. The van der Waals surface area contributed by atoms with Gasteiger partial charge in [0.2, 0.25) is 5.91 Å². The quantitative estimate of drug-likeness (QED) is 0.746. The van der Waals surface area contributed by atoms with Gasteiger partial charge in [0.15, 0.2) is 0 Å². The largest absolute Gasteiger partial charge is 0.388 e. The van der Waals surface area contributed by atoms with Crippen molar-refractivity contribution in [2.45, 2.75) is 51.6 Å². The lowest BCUT2D eigenvalue weighted by Crippen LogP contribution is -2.45. The molecule has 1 aliphatic heterocycles. The highest BCUT2D eigenvalue weighted by Crippen LogP contribution is 2.18. The van der Waals surface area contributed by atoms with E-state index in [9.17, 15) is 9.90 Å². The van der Waals surface area contributed by atoms with Crippen LogP contribution in [-0.2, 0) is 4.79 Å². The fourth-order valence-corrected chi connectivity index (χ4v) is 2.06. The predicted octanol–water partition coefficient (Wildman–Crippen LogP) is 1.55. The van der Waals surface area contributed by atoms with Crippen molar-refractivity contribution in [2.75, 3.05) is 13.1 Å². The Kier molecular flexibility index (Phi) is 3.93. The molecule has 82 valence electrons. The molecule has 1 N–H and O–H groups in total. The summed E-state index contributed by atoms with van der Waals surface area (Å²) in [7, 11) is 0. The Morgan fingerprint density at radius 3 is 2.79 bits per heavy atom. The van der Waals surface area contributed by atoms with Gasteiger partial charge in [0.05, 0.1) is 5.60 Å². The second-order valence-corrected chi connectivity index (χ2v) is 4.52. The van der Waals surface area contributed by atoms with Crippen molar-refractivity contribution in [3.05, 3.63) is 0 Å². The van der Waals surface area contributed by atoms with Gasteiger partial charge in [0.25, 0.3) is 0 Å². The number of piperidine rings is 1. The fourth-order valence-electron chi connectivity index (χ4n) is 2.06. The summed E-state index contributed by atoms with van der Waals surface area (Å²) >= 11 is 0. The maximum atomic E-state index is 11.5. The van der Waals surface area contributed by atoms with E-state index in [1.54, 1.807) is 4.90 Å². The van der Waals surface area contributed by atoms with E-state index in [0.717, 1.165) is 32.2 Å². The summed E-state index contributed by atoms with van der Waals surface area (Å²) in [6.07, 6.45) is 4.45. The van der Waals surface area contributed by atoms with Gasteiger partial charge >= 0.3 is 0 Å². The van der Waals surface area contributed by atoms with E-state index >= 15 is 0 Å². The van der Waals surface area contributed by atoms with Crippen molar-refractivity contribution in [1.82, 2.24) is 4.90 Å². The van der Waals surface area contributed by atoms with Crippen LogP contribution in [0.15, 0.2) is 0 Å². The molecule has 1 aliphatic rings. The Labute approximate surface area is 86.1 Å². The first-order valence-corrected chi connectivity index (χ1v) is 5.55. The molecule has 1 unspecified atom stereocenters. The third-order valence-electron chi connectivity index (χ3n) is 2.74. The number of β-amino-alcohol motifs (C(OH)–C–C–N with tert-alkyl or cyclic N) is 1. The van der Waals surface area contributed by atoms with Gasteiger partial charge in [-0.25, -0.2) is 0 Å². The molecule has 0 radical (unpaired) electrons. The molecule has 0 aromatic rings. The second-order valence-electron chi connectivity index (χ2n) is 4.52. The molecule has 0 bridgehead atoms. The SMILES string of the molecule is CCCC(C)(O)CN1CCCCC1=O. The van der Waals surface area contributed by atoms with Crippen molar-refractivity contribution in [1.29, 1.82) is 0 Å². The molecule has 14 heavy (non-hydrogen) atoms. The van der Waals surface area contributed by atoms with Gasteiger partial charge in [0.1, 0.15) is 0 Å². The van der Waals surface area contributed by atoms with Crippen molar-refractivity contribution < 1.29 is 9.90 Å². The zero-order valence-electron chi connectivity index (χ0n) is 9.25. The topological polar surface area (TPSA) is 40.5 Å². The predicted molar refractivity (Wildman–Crippen MR) is 56.0 cm³/mol. The van der Waals surface area contributed by atoms with Crippen LogP contribution in [0.4, 0.5) is 0 Å². The van der Waals surface area contributed by atoms with Crippen LogP contribution in [0.25, 0.3) is 0 Å². The van der Waals surface area contributed by atoms with Crippen molar-refractivity contribution in [2.24, 2.45) is 0 Å². The first-order valence-electron chi connectivity index (χ1n) is 5.55. The number of amides is 1. The number of hydrogen-bond donors (Lipinski definition) is 1. The molecule has 0 saturated carbocycles. The summed E-state index contributed by atoms with van der Waals surface area (Å²) in [5.74, 6) is 0.202. The highest BCUT2D eigenvalue weighted by atomic mass is 16.3. The minimum absolute atomic E-state index is 0.202. The maximum absolute atomic E-state index is 11.5. The fraction of sp³-hybridized carbons (Fsp3) is 0.909. The van der Waals surface area contributed by atoms with Crippen LogP contribution in [0.1, 0.15) is 46.0 Å². The zero-order chi connectivity index (χ0) is 10.6. The van der Waals surface area contributed by atoms with E-state index in [1.807, 2.05) is 13.8 Å². The van der Waals surface area contributed by atoms with Crippen molar-refractivity contribution in [3.63, 3.8) is 0 Å². The van der Waals surface area contributed by atoms with E-state index in [4.69, 9.17) is 0 Å². The molecular weight excluding hydrogens is 178 g/mol. The molecule has 1 saturated heterocycles. The Morgan fingerprint density at radius 1 is 1.50 bits per heavy atom. The zero-order valence-corrected chi connectivity index (χ0v) is 9.25. The van der Waals surface area contributed by atoms with E-state index in [1.165, 1.54) is 0 Å². The smallest absolute Gasteiger partial charge is 0.222 e. The normalized spacial score (nSPS) is 22.2. The number of rotatable bonds is 4. The van der Waals surface area contributed by atoms with Crippen LogP contribution >= 0.6 is 0 Å². The summed E-state index contributed by atoms with van der Waals surface area (Å²) in [4.78, 5) is 13.3. The first kappa shape index (κ1) is 11.5. The summed E-state index contributed by atoms with van der Waals surface area (Å²) in [5, 5.41) is 9.99. The first-order chi connectivity index (χ1) is 6.55. The highest BCUT2D eigenvalue weighted by Gasteiger charge is 2.27. The Hall–Kier alpha value is -0.570. The minimum atomic E-state index is -0.707. The van der Waals surface area contributed by atoms with Crippen LogP contribution in [0, 0.1) is 0 Å². The molecule has 1 atom stereocenters. The minimum Gasteiger partial charge on any atom is -0.388 e. The van der Waals surface area contributed by atoms with Crippen molar-refractivity contribution in [3.8, 4) is 0 Å². The third-order valence-corrected chi connectivity index (χ3v) is 2.74. The van der Waals surface area contributed by atoms with Crippen molar-refractivity contribution >= 4 is 5.91 Å². The lowest BCUT2D eigenvalue weighted by molar-refractivity contribution is -0.137. The van der Waals surface area contributed by atoms with E-state index in [2.05, 4.69) is 0 Å². The molecule has 0 spiro atoms. The summed E-state index contributed by atoms with van der Waals surface area (Å²) in [6.45, 7) is 5.18. The number of likely N-dealkylation sites (tertiary alicyclic amines) is 1. The Morgan fingerprint density at radius 2 is 2.21 bits per heavy atom. The van der Waals surface area contributed by atoms with E-state index in [0.29, 0.717) is 13.0 Å². The van der Waals surface area contributed by atoms with Gasteiger partial charge in [-0.1, -0.05) is 13.3 Å². The summed E-state index contributed by atoms with van der Waals surface area (Å²) < 4.78 is 0. The molecule has 3 heteroatoms. The number of aliphatic hydroxyl groups is 1. The van der Waals surface area contributed by atoms with Crippen LogP contribution in [0.2, 0.25) is 0 Å². The van der Waals surface area contributed by atoms with Crippen LogP contribution in [-0.4, -0.2) is 34.6 Å². The van der Waals surface area contributed by atoms with Gasteiger partial charge in [-0.05, 0) is 26.2 Å². The van der Waals surface area contributed by atoms with Gasteiger partial charge in [-0.3, -0.25) is 4.79 Å². The monoisotopic (exact) mass is 199 g/mol. The molecule has 0 aromatic heterocycles. The number of nitrogens with zero attached hydrogens (tertiary/aromatic N) is 1. The average Bonchev–Trinajstić information content (AvgIpc) is 2.08. The molecule has 1 fully saturated rings. The number of hydrogen-bond acceptors (Lipinski definition) is 2. The molecule has 0 aromatic carbocycles. The lowest BCUT2D eigenvalue weighted by Gasteiger charge is -2.33. The van der Waals surface area contributed by atoms with Crippen LogP contribution in [0.3, 0.4) is 0 Å². The second kappa shape index (κ2) is 4.78.